The van der Waals surface area contributed by atoms with Crippen molar-refractivity contribution < 1.29 is 14.6 Å². The molecule has 1 aromatic rings. The van der Waals surface area contributed by atoms with Gasteiger partial charge in [-0.2, -0.15) is 0 Å². The van der Waals surface area contributed by atoms with Crippen molar-refractivity contribution in [3.63, 3.8) is 0 Å². The lowest BCUT2D eigenvalue weighted by molar-refractivity contribution is -0.115. The fraction of sp³-hybridized carbons (Fsp3) is 0.400. The molecule has 0 aliphatic carbocycles. The Morgan fingerprint density at radius 2 is 2.38 bits per heavy atom. The monoisotopic (exact) mass is 181 g/mol. The number of hydrogen-bond acceptors (Lipinski definition) is 3. The van der Waals surface area contributed by atoms with E-state index < -0.39 is 6.29 Å². The molecule has 1 N–H and O–H groups in total. The third-order valence-electron chi connectivity index (χ3n) is 1.42. The Morgan fingerprint density at radius 1 is 1.54 bits per heavy atom. The highest BCUT2D eigenvalue weighted by molar-refractivity contribution is 5.19. The predicted octanol–water partition coefficient (Wildman–Crippen LogP) is 1.22. The van der Waals surface area contributed by atoms with E-state index in [1.807, 2.05) is 19.1 Å². The molecule has 1 atom stereocenters. The zero-order valence-corrected chi connectivity index (χ0v) is 7.56. The standard InChI is InChI=1S/C10H13O3/c1-2-12-10(11)8-13-9-6-4-3-5-7-9/h3-6,10-11H,2,8H2,1H3. The van der Waals surface area contributed by atoms with E-state index >= 15 is 0 Å². The highest BCUT2D eigenvalue weighted by atomic mass is 16.6. The summed E-state index contributed by atoms with van der Waals surface area (Å²) < 4.78 is 10.1. The van der Waals surface area contributed by atoms with Crippen LogP contribution >= 0.6 is 0 Å². The smallest absolute Gasteiger partial charge is 0.189 e. The largest absolute Gasteiger partial charge is 0.488 e. The van der Waals surface area contributed by atoms with E-state index in [0.29, 0.717) is 12.4 Å². The van der Waals surface area contributed by atoms with Gasteiger partial charge in [0.2, 0.25) is 0 Å². The van der Waals surface area contributed by atoms with Crippen molar-refractivity contribution in [3.05, 3.63) is 30.3 Å². The summed E-state index contributed by atoms with van der Waals surface area (Å²) in [6.07, 6.45) is -0.862. The van der Waals surface area contributed by atoms with E-state index in [9.17, 15) is 0 Å². The number of hydrogen-bond donors (Lipinski definition) is 1. The highest BCUT2D eigenvalue weighted by Crippen LogP contribution is 2.07. The molecular weight excluding hydrogens is 168 g/mol. The number of benzene rings is 1. The summed E-state index contributed by atoms with van der Waals surface area (Å²) in [5.41, 5.74) is 0. The van der Waals surface area contributed by atoms with E-state index in [1.165, 1.54) is 0 Å². The number of aliphatic hydroxyl groups excluding tert-OH is 1. The molecule has 13 heavy (non-hydrogen) atoms. The summed E-state index contributed by atoms with van der Waals surface area (Å²) in [5, 5.41) is 9.15. The fourth-order valence-corrected chi connectivity index (χ4v) is 0.868. The van der Waals surface area contributed by atoms with Crippen LogP contribution in [0, 0.1) is 6.07 Å². The minimum atomic E-state index is -0.862. The first kappa shape index (κ1) is 10.0. The molecule has 0 spiro atoms. The van der Waals surface area contributed by atoms with Gasteiger partial charge in [0.25, 0.3) is 0 Å². The molecule has 71 valence electrons. The van der Waals surface area contributed by atoms with Crippen LogP contribution in [0.5, 0.6) is 5.75 Å². The molecule has 1 rings (SSSR count). The maximum Gasteiger partial charge on any atom is 0.189 e. The Labute approximate surface area is 77.9 Å². The Bertz CT molecular complexity index is 223. The first-order valence-electron chi connectivity index (χ1n) is 4.22. The zero-order valence-electron chi connectivity index (χ0n) is 7.56. The second-order valence-corrected chi connectivity index (χ2v) is 2.45. The lowest BCUT2D eigenvalue weighted by Gasteiger charge is -2.11. The topological polar surface area (TPSA) is 38.7 Å². The van der Waals surface area contributed by atoms with Crippen LogP contribution in [0.1, 0.15) is 6.92 Å². The zero-order chi connectivity index (χ0) is 9.52. The van der Waals surface area contributed by atoms with E-state index in [4.69, 9.17) is 14.6 Å². The highest BCUT2D eigenvalue weighted by Gasteiger charge is 2.02. The Balaban J connectivity index is 2.27. The van der Waals surface area contributed by atoms with Crippen LogP contribution in [-0.2, 0) is 4.74 Å². The maximum absolute atomic E-state index is 9.15. The minimum absolute atomic E-state index is 0.133. The van der Waals surface area contributed by atoms with Crippen LogP contribution in [0.4, 0.5) is 0 Å². The second-order valence-electron chi connectivity index (χ2n) is 2.45. The van der Waals surface area contributed by atoms with Crippen molar-refractivity contribution in [1.29, 1.82) is 0 Å². The van der Waals surface area contributed by atoms with Gasteiger partial charge >= 0.3 is 0 Å². The normalized spacial score (nSPS) is 12.5. The van der Waals surface area contributed by atoms with Gasteiger partial charge in [0, 0.05) is 12.7 Å². The van der Waals surface area contributed by atoms with E-state index in [1.54, 1.807) is 12.1 Å². The van der Waals surface area contributed by atoms with Gasteiger partial charge < -0.3 is 14.6 Å². The van der Waals surface area contributed by atoms with Crippen molar-refractivity contribution in [3.8, 4) is 5.75 Å². The molecular formula is C10H13O3. The summed E-state index contributed by atoms with van der Waals surface area (Å²) in [4.78, 5) is 0. The van der Waals surface area contributed by atoms with Crippen LogP contribution < -0.4 is 4.74 Å². The molecule has 0 aromatic heterocycles. The van der Waals surface area contributed by atoms with Gasteiger partial charge in [0.05, 0.1) is 0 Å². The third kappa shape index (κ3) is 3.92. The van der Waals surface area contributed by atoms with Gasteiger partial charge in [-0.15, -0.1) is 0 Å². The predicted molar refractivity (Wildman–Crippen MR) is 48.4 cm³/mol. The molecule has 1 radical (unpaired) electrons. The van der Waals surface area contributed by atoms with E-state index in [2.05, 4.69) is 6.07 Å². The lowest BCUT2D eigenvalue weighted by atomic mass is 10.3. The van der Waals surface area contributed by atoms with E-state index in [-0.39, 0.29) is 6.61 Å². The molecule has 3 nitrogen and oxygen atoms in total. The summed E-state index contributed by atoms with van der Waals surface area (Å²) in [6.45, 7) is 2.43. The maximum atomic E-state index is 9.15. The van der Waals surface area contributed by atoms with Crippen LogP contribution in [0.25, 0.3) is 0 Å². The van der Waals surface area contributed by atoms with Crippen molar-refractivity contribution in [2.24, 2.45) is 0 Å². The second kappa shape index (κ2) is 5.56. The molecule has 0 bridgehead atoms. The van der Waals surface area contributed by atoms with Gasteiger partial charge in [0.1, 0.15) is 12.4 Å². The summed E-state index contributed by atoms with van der Waals surface area (Å²) in [5.74, 6) is 0.612. The number of ether oxygens (including phenoxy) is 2. The van der Waals surface area contributed by atoms with Gasteiger partial charge in [-0.05, 0) is 13.0 Å². The third-order valence-corrected chi connectivity index (χ3v) is 1.42. The molecule has 0 aliphatic rings. The first-order valence-corrected chi connectivity index (χ1v) is 4.22. The van der Waals surface area contributed by atoms with Crippen molar-refractivity contribution in [2.75, 3.05) is 13.2 Å². The molecule has 0 heterocycles. The number of rotatable bonds is 5. The van der Waals surface area contributed by atoms with Gasteiger partial charge in [-0.25, -0.2) is 0 Å². The fourth-order valence-electron chi connectivity index (χ4n) is 0.868. The van der Waals surface area contributed by atoms with Crippen molar-refractivity contribution in [2.45, 2.75) is 13.2 Å². The lowest BCUT2D eigenvalue weighted by Crippen LogP contribution is -2.20. The molecule has 0 fully saturated rings. The summed E-state index contributed by atoms with van der Waals surface area (Å²) in [6, 6.07) is 10.1. The molecule has 0 amide bonds. The quantitative estimate of drug-likeness (QED) is 0.694. The Morgan fingerprint density at radius 3 is 3.00 bits per heavy atom. The van der Waals surface area contributed by atoms with Gasteiger partial charge in [0.15, 0.2) is 6.29 Å². The van der Waals surface area contributed by atoms with Gasteiger partial charge in [-0.1, -0.05) is 18.2 Å². The number of aliphatic hydroxyl groups is 1. The molecule has 0 saturated heterocycles. The Hall–Kier alpha value is -1.06. The molecule has 1 unspecified atom stereocenters. The Kier molecular flexibility index (Phi) is 4.29. The SMILES string of the molecule is CCOC(O)COc1[c]cccc1. The average molecular weight is 181 g/mol. The average Bonchev–Trinajstić information content (AvgIpc) is 2.17. The minimum Gasteiger partial charge on any atom is -0.488 e. The molecule has 3 heteroatoms. The van der Waals surface area contributed by atoms with Crippen LogP contribution in [0.2, 0.25) is 0 Å². The van der Waals surface area contributed by atoms with E-state index in [0.717, 1.165) is 0 Å². The summed E-state index contributed by atoms with van der Waals surface area (Å²) >= 11 is 0. The van der Waals surface area contributed by atoms with Crippen LogP contribution in [0.3, 0.4) is 0 Å². The molecule has 1 aromatic carbocycles. The molecule has 0 saturated carbocycles. The molecule has 0 aliphatic heterocycles. The van der Waals surface area contributed by atoms with Crippen molar-refractivity contribution in [1.82, 2.24) is 0 Å². The van der Waals surface area contributed by atoms with Gasteiger partial charge in [-0.3, -0.25) is 0 Å². The first-order chi connectivity index (χ1) is 6.33. The van der Waals surface area contributed by atoms with Crippen molar-refractivity contribution >= 4 is 0 Å². The van der Waals surface area contributed by atoms with Crippen LogP contribution in [-0.4, -0.2) is 24.6 Å². The van der Waals surface area contributed by atoms with Crippen LogP contribution in [0.15, 0.2) is 24.3 Å². The summed E-state index contributed by atoms with van der Waals surface area (Å²) in [7, 11) is 0. The number of para-hydroxylation sites is 1.